The lowest BCUT2D eigenvalue weighted by Crippen LogP contribution is -2.47. The van der Waals surface area contributed by atoms with Crippen molar-refractivity contribution in [3.63, 3.8) is 0 Å². The van der Waals surface area contributed by atoms with Gasteiger partial charge in [0.05, 0.1) is 35.4 Å². The van der Waals surface area contributed by atoms with E-state index in [0.29, 0.717) is 30.3 Å². The Labute approximate surface area is 226 Å². The van der Waals surface area contributed by atoms with Gasteiger partial charge in [-0.1, -0.05) is 41.7 Å². The van der Waals surface area contributed by atoms with Crippen molar-refractivity contribution >= 4 is 42.6 Å². The highest BCUT2D eigenvalue weighted by Crippen LogP contribution is 2.35. The van der Waals surface area contributed by atoms with Crippen LogP contribution in [0.15, 0.2) is 77.7 Å². The molecule has 0 radical (unpaired) electrons. The fraction of sp³-hybridized carbons (Fsp3) is 0.286. The standard InChI is InChI=1S/C28H29N3O5S2/c1-3-36-22-13-16-24-26(18-22)37-28(29-24)30(19-20-8-5-4-6-9-20)27(32)25-10-7-17-31(25)38(33,34)23-14-11-21(35-2)12-15-23/h4-6,8-9,11-16,18,25H,3,7,10,17,19H2,1-2H3. The number of ether oxygens (including phenoxy) is 2. The quantitative estimate of drug-likeness (QED) is 0.288. The second-order valence-corrected chi connectivity index (χ2v) is 11.8. The molecule has 1 aromatic heterocycles. The number of benzene rings is 3. The van der Waals surface area contributed by atoms with Crippen LogP contribution in [-0.2, 0) is 21.4 Å². The summed E-state index contributed by atoms with van der Waals surface area (Å²) in [5.41, 5.74) is 1.69. The Morgan fingerprint density at radius 1 is 1.08 bits per heavy atom. The number of sulfonamides is 1. The Morgan fingerprint density at radius 3 is 2.53 bits per heavy atom. The van der Waals surface area contributed by atoms with Crippen LogP contribution in [0.4, 0.5) is 5.13 Å². The number of amides is 1. The van der Waals surface area contributed by atoms with Crippen molar-refractivity contribution in [2.45, 2.75) is 37.2 Å². The fourth-order valence-electron chi connectivity index (χ4n) is 4.61. The van der Waals surface area contributed by atoms with Crippen LogP contribution in [0, 0.1) is 0 Å². The zero-order chi connectivity index (χ0) is 26.7. The first-order valence-electron chi connectivity index (χ1n) is 12.5. The number of carbonyl (C=O) groups is 1. The summed E-state index contributed by atoms with van der Waals surface area (Å²) in [7, 11) is -2.36. The third-order valence-corrected chi connectivity index (χ3v) is 9.46. The number of thiazole rings is 1. The van der Waals surface area contributed by atoms with E-state index in [0.717, 1.165) is 21.5 Å². The molecule has 38 heavy (non-hydrogen) atoms. The van der Waals surface area contributed by atoms with Crippen LogP contribution in [0.25, 0.3) is 10.2 Å². The highest BCUT2D eigenvalue weighted by molar-refractivity contribution is 7.89. The van der Waals surface area contributed by atoms with Gasteiger partial charge in [0.2, 0.25) is 15.9 Å². The summed E-state index contributed by atoms with van der Waals surface area (Å²) in [5.74, 6) is 1.02. The monoisotopic (exact) mass is 551 g/mol. The summed E-state index contributed by atoms with van der Waals surface area (Å²) >= 11 is 1.39. The van der Waals surface area contributed by atoms with Gasteiger partial charge in [-0.05, 0) is 67.8 Å². The van der Waals surface area contributed by atoms with Gasteiger partial charge in [0.15, 0.2) is 5.13 Å². The summed E-state index contributed by atoms with van der Waals surface area (Å²) in [6, 6.07) is 20.7. The van der Waals surface area contributed by atoms with E-state index in [4.69, 9.17) is 14.5 Å². The Balaban J connectivity index is 1.50. The molecule has 0 aliphatic carbocycles. The molecule has 5 rings (SSSR count). The van der Waals surface area contributed by atoms with Gasteiger partial charge in [0.25, 0.3) is 0 Å². The first-order valence-corrected chi connectivity index (χ1v) is 14.7. The number of anilines is 1. The van der Waals surface area contributed by atoms with E-state index in [9.17, 15) is 13.2 Å². The van der Waals surface area contributed by atoms with Crippen LogP contribution in [0.2, 0.25) is 0 Å². The van der Waals surface area contributed by atoms with Crippen LogP contribution in [-0.4, -0.2) is 49.9 Å². The molecule has 1 fully saturated rings. The van der Waals surface area contributed by atoms with Crippen LogP contribution < -0.4 is 14.4 Å². The molecule has 1 amide bonds. The van der Waals surface area contributed by atoms with E-state index in [-0.39, 0.29) is 23.9 Å². The summed E-state index contributed by atoms with van der Waals surface area (Å²) < 4.78 is 40.2. The lowest BCUT2D eigenvalue weighted by Gasteiger charge is -2.28. The molecule has 198 valence electrons. The normalized spacial score (nSPS) is 16.0. The minimum Gasteiger partial charge on any atom is -0.497 e. The number of aromatic nitrogens is 1. The Hall–Kier alpha value is -3.47. The maximum atomic E-state index is 14.1. The molecule has 2 heterocycles. The SMILES string of the molecule is CCOc1ccc2nc(N(Cc3ccccc3)C(=O)C3CCCN3S(=O)(=O)c3ccc(OC)cc3)sc2c1. The molecule has 1 aliphatic heterocycles. The van der Waals surface area contributed by atoms with Gasteiger partial charge >= 0.3 is 0 Å². The third-order valence-electron chi connectivity index (χ3n) is 6.49. The average Bonchev–Trinajstić information content (AvgIpc) is 3.60. The molecule has 0 saturated carbocycles. The van der Waals surface area contributed by atoms with Crippen LogP contribution >= 0.6 is 11.3 Å². The van der Waals surface area contributed by atoms with Gasteiger partial charge in [0, 0.05) is 6.54 Å². The number of hydrogen-bond acceptors (Lipinski definition) is 7. The minimum atomic E-state index is -3.89. The topological polar surface area (TPSA) is 89.0 Å². The van der Waals surface area contributed by atoms with Crippen molar-refractivity contribution < 1.29 is 22.7 Å². The number of methoxy groups -OCH3 is 1. The van der Waals surface area contributed by atoms with Crippen molar-refractivity contribution in [2.75, 3.05) is 25.2 Å². The number of hydrogen-bond donors (Lipinski definition) is 0. The van der Waals surface area contributed by atoms with Crippen LogP contribution in [0.5, 0.6) is 11.5 Å². The molecule has 4 aromatic rings. The van der Waals surface area contributed by atoms with Crippen molar-refractivity contribution in [3.8, 4) is 11.5 Å². The molecule has 1 saturated heterocycles. The lowest BCUT2D eigenvalue weighted by atomic mass is 10.1. The molecular weight excluding hydrogens is 522 g/mol. The van der Waals surface area contributed by atoms with Crippen molar-refractivity contribution in [3.05, 3.63) is 78.4 Å². The Kier molecular flexibility index (Phi) is 7.64. The first kappa shape index (κ1) is 26.1. The first-order chi connectivity index (χ1) is 18.4. The zero-order valence-corrected chi connectivity index (χ0v) is 22.9. The number of nitrogens with zero attached hydrogens (tertiary/aromatic N) is 3. The molecule has 1 unspecified atom stereocenters. The number of carbonyl (C=O) groups excluding carboxylic acids is 1. The molecular formula is C28H29N3O5S2. The largest absolute Gasteiger partial charge is 0.497 e. The molecule has 0 bridgehead atoms. The molecule has 0 N–H and O–H groups in total. The molecule has 8 nitrogen and oxygen atoms in total. The van der Waals surface area contributed by atoms with Gasteiger partial charge in [0.1, 0.15) is 17.5 Å². The van der Waals surface area contributed by atoms with Gasteiger partial charge in [-0.15, -0.1) is 0 Å². The van der Waals surface area contributed by atoms with Crippen molar-refractivity contribution in [1.82, 2.24) is 9.29 Å². The Morgan fingerprint density at radius 2 is 1.82 bits per heavy atom. The minimum absolute atomic E-state index is 0.135. The van der Waals surface area contributed by atoms with E-state index in [1.165, 1.54) is 34.9 Å². The molecule has 3 aromatic carbocycles. The van der Waals surface area contributed by atoms with E-state index in [2.05, 4.69) is 0 Å². The van der Waals surface area contributed by atoms with E-state index in [1.54, 1.807) is 17.0 Å². The van der Waals surface area contributed by atoms with Crippen molar-refractivity contribution in [1.29, 1.82) is 0 Å². The molecule has 1 atom stereocenters. The van der Waals surface area contributed by atoms with Crippen molar-refractivity contribution in [2.24, 2.45) is 0 Å². The molecule has 0 spiro atoms. The van der Waals surface area contributed by atoms with E-state index in [1.807, 2.05) is 55.5 Å². The van der Waals surface area contributed by atoms with E-state index < -0.39 is 16.1 Å². The number of fused-ring (bicyclic) bond motifs is 1. The van der Waals surface area contributed by atoms with Gasteiger partial charge in [-0.2, -0.15) is 4.31 Å². The second-order valence-electron chi connectivity index (χ2n) is 8.92. The lowest BCUT2D eigenvalue weighted by molar-refractivity contribution is -0.121. The summed E-state index contributed by atoms with van der Waals surface area (Å²) in [6.07, 6.45) is 1.04. The van der Waals surface area contributed by atoms with Gasteiger partial charge in [-0.25, -0.2) is 13.4 Å². The van der Waals surface area contributed by atoms with Gasteiger partial charge < -0.3 is 9.47 Å². The predicted octanol–water partition coefficient (Wildman–Crippen LogP) is 5.09. The highest BCUT2D eigenvalue weighted by Gasteiger charge is 2.42. The second kappa shape index (κ2) is 11.1. The number of rotatable bonds is 9. The van der Waals surface area contributed by atoms with E-state index >= 15 is 0 Å². The Bertz CT molecular complexity index is 1520. The highest BCUT2D eigenvalue weighted by atomic mass is 32.2. The van der Waals surface area contributed by atoms with Crippen LogP contribution in [0.1, 0.15) is 25.3 Å². The van der Waals surface area contributed by atoms with Crippen LogP contribution in [0.3, 0.4) is 0 Å². The average molecular weight is 552 g/mol. The summed E-state index contributed by atoms with van der Waals surface area (Å²) in [6.45, 7) is 3.04. The smallest absolute Gasteiger partial charge is 0.247 e. The fourth-order valence-corrected chi connectivity index (χ4v) is 7.26. The molecule has 10 heteroatoms. The predicted molar refractivity (Wildman–Crippen MR) is 148 cm³/mol. The maximum absolute atomic E-state index is 14.1. The summed E-state index contributed by atoms with van der Waals surface area (Å²) in [4.78, 5) is 20.6. The van der Waals surface area contributed by atoms with Gasteiger partial charge in [-0.3, -0.25) is 9.69 Å². The zero-order valence-electron chi connectivity index (χ0n) is 21.2. The maximum Gasteiger partial charge on any atom is 0.247 e. The third kappa shape index (κ3) is 5.24. The summed E-state index contributed by atoms with van der Waals surface area (Å²) in [5, 5.41) is 0.524. The molecule has 1 aliphatic rings.